The first-order valence-electron chi connectivity index (χ1n) is 6.47. The van der Waals surface area contributed by atoms with Crippen LogP contribution in [0.2, 0.25) is 0 Å². The van der Waals surface area contributed by atoms with E-state index in [0.29, 0.717) is 6.42 Å². The summed E-state index contributed by atoms with van der Waals surface area (Å²) in [7, 11) is -4.23. The van der Waals surface area contributed by atoms with E-state index in [1.807, 2.05) is 6.92 Å². The highest BCUT2D eigenvalue weighted by Crippen LogP contribution is 2.19. The third-order valence-corrected chi connectivity index (χ3v) is 4.46. The van der Waals surface area contributed by atoms with Crippen LogP contribution in [-0.2, 0) is 10.0 Å². The Bertz CT molecular complexity index is 508. The second kappa shape index (κ2) is 7.66. The van der Waals surface area contributed by atoms with Crippen LogP contribution in [0.3, 0.4) is 0 Å². The third kappa shape index (κ3) is 4.50. The van der Waals surface area contributed by atoms with Crippen molar-refractivity contribution >= 4 is 10.0 Å². The lowest BCUT2D eigenvalue weighted by atomic mass is 10.0. The summed E-state index contributed by atoms with van der Waals surface area (Å²) in [5.74, 6) is -2.30. The molecule has 1 rings (SSSR count). The Hall–Kier alpha value is -1.05. The second-order valence-electron chi connectivity index (χ2n) is 4.57. The van der Waals surface area contributed by atoms with Crippen LogP contribution in [0, 0.1) is 17.6 Å². The van der Waals surface area contributed by atoms with E-state index in [4.69, 9.17) is 5.11 Å². The highest BCUT2D eigenvalue weighted by Gasteiger charge is 2.24. The zero-order valence-electron chi connectivity index (χ0n) is 11.3. The summed E-state index contributed by atoms with van der Waals surface area (Å²) in [6.45, 7) is 1.93. The number of halogens is 2. The van der Waals surface area contributed by atoms with Gasteiger partial charge in [0.25, 0.3) is 0 Å². The van der Waals surface area contributed by atoms with E-state index in [0.717, 1.165) is 31.0 Å². The van der Waals surface area contributed by atoms with Crippen LogP contribution in [-0.4, -0.2) is 26.7 Å². The minimum absolute atomic E-state index is 0.0461. The molecule has 1 aromatic carbocycles. The van der Waals surface area contributed by atoms with Gasteiger partial charge in [0.15, 0.2) is 4.90 Å². The van der Waals surface area contributed by atoms with Crippen molar-refractivity contribution in [3.05, 3.63) is 29.8 Å². The molecule has 7 heteroatoms. The van der Waals surface area contributed by atoms with Gasteiger partial charge in [-0.25, -0.2) is 21.9 Å². The topological polar surface area (TPSA) is 66.4 Å². The largest absolute Gasteiger partial charge is 0.396 e. The Kier molecular flexibility index (Phi) is 6.51. The minimum Gasteiger partial charge on any atom is -0.396 e. The van der Waals surface area contributed by atoms with E-state index in [-0.39, 0.29) is 19.1 Å². The maximum atomic E-state index is 13.5. The summed E-state index contributed by atoms with van der Waals surface area (Å²) in [6, 6.07) is 2.90. The number of hydrogen-bond acceptors (Lipinski definition) is 3. The van der Waals surface area contributed by atoms with Crippen molar-refractivity contribution < 1.29 is 22.3 Å². The quantitative estimate of drug-likeness (QED) is 0.772. The van der Waals surface area contributed by atoms with Crippen LogP contribution in [0.1, 0.15) is 26.2 Å². The van der Waals surface area contributed by atoms with Gasteiger partial charge in [-0.05, 0) is 30.9 Å². The molecular formula is C13H19F2NO3S. The smallest absolute Gasteiger partial charge is 0.246 e. The van der Waals surface area contributed by atoms with E-state index >= 15 is 0 Å². The molecule has 114 valence electrons. The molecule has 0 aliphatic heterocycles. The van der Waals surface area contributed by atoms with Crippen LogP contribution in [0.5, 0.6) is 0 Å². The van der Waals surface area contributed by atoms with Gasteiger partial charge in [0.2, 0.25) is 10.0 Å². The SMILES string of the molecule is CCCC(CCO)CNS(=O)(=O)c1c(F)cccc1F. The molecule has 0 heterocycles. The zero-order valence-corrected chi connectivity index (χ0v) is 12.1. The Morgan fingerprint density at radius 1 is 1.25 bits per heavy atom. The molecule has 0 aliphatic rings. The fourth-order valence-corrected chi connectivity index (χ4v) is 3.23. The van der Waals surface area contributed by atoms with Crippen molar-refractivity contribution in [1.82, 2.24) is 4.72 Å². The number of aliphatic hydroxyl groups is 1. The molecule has 0 fully saturated rings. The summed E-state index contributed by atoms with van der Waals surface area (Å²) >= 11 is 0. The predicted octanol–water partition coefficient (Wildman–Crippen LogP) is 2.04. The van der Waals surface area contributed by atoms with Gasteiger partial charge in [-0.15, -0.1) is 0 Å². The molecule has 0 saturated carbocycles. The van der Waals surface area contributed by atoms with E-state index in [9.17, 15) is 17.2 Å². The molecule has 0 radical (unpaired) electrons. The summed E-state index contributed by atoms with van der Waals surface area (Å²) in [5, 5.41) is 8.90. The third-order valence-electron chi connectivity index (χ3n) is 2.98. The van der Waals surface area contributed by atoms with E-state index in [1.54, 1.807) is 0 Å². The monoisotopic (exact) mass is 307 g/mol. The highest BCUT2D eigenvalue weighted by molar-refractivity contribution is 7.89. The van der Waals surface area contributed by atoms with Crippen molar-refractivity contribution in [3.63, 3.8) is 0 Å². The van der Waals surface area contributed by atoms with E-state index in [1.165, 1.54) is 0 Å². The second-order valence-corrected chi connectivity index (χ2v) is 6.27. The number of aliphatic hydroxyl groups excluding tert-OH is 1. The molecule has 0 aromatic heterocycles. The average Bonchev–Trinajstić information content (AvgIpc) is 2.36. The number of hydrogen-bond donors (Lipinski definition) is 2. The van der Waals surface area contributed by atoms with Crippen molar-refractivity contribution in [3.8, 4) is 0 Å². The predicted molar refractivity (Wildman–Crippen MR) is 71.6 cm³/mol. The highest BCUT2D eigenvalue weighted by atomic mass is 32.2. The van der Waals surface area contributed by atoms with Gasteiger partial charge in [0, 0.05) is 13.2 Å². The van der Waals surface area contributed by atoms with Gasteiger partial charge in [-0.1, -0.05) is 19.4 Å². The summed E-state index contributed by atoms with van der Waals surface area (Å²) in [5.41, 5.74) is 0. The number of sulfonamides is 1. The van der Waals surface area contributed by atoms with Gasteiger partial charge in [0.05, 0.1) is 0 Å². The number of rotatable bonds is 8. The first-order chi connectivity index (χ1) is 9.42. The lowest BCUT2D eigenvalue weighted by molar-refractivity contribution is 0.251. The molecule has 0 aliphatic carbocycles. The molecule has 0 amide bonds. The fraction of sp³-hybridized carbons (Fsp3) is 0.538. The van der Waals surface area contributed by atoms with Crippen molar-refractivity contribution in [2.45, 2.75) is 31.1 Å². The number of nitrogens with one attached hydrogen (secondary N) is 1. The van der Waals surface area contributed by atoms with Gasteiger partial charge in [-0.3, -0.25) is 0 Å². The Balaban J connectivity index is 2.84. The van der Waals surface area contributed by atoms with Crippen LogP contribution in [0.4, 0.5) is 8.78 Å². The maximum Gasteiger partial charge on any atom is 0.246 e. The van der Waals surface area contributed by atoms with Gasteiger partial charge >= 0.3 is 0 Å². The van der Waals surface area contributed by atoms with E-state index in [2.05, 4.69) is 4.72 Å². The molecule has 0 saturated heterocycles. The fourth-order valence-electron chi connectivity index (χ4n) is 1.98. The minimum atomic E-state index is -4.23. The first kappa shape index (κ1) is 17.0. The van der Waals surface area contributed by atoms with E-state index < -0.39 is 26.6 Å². The molecule has 20 heavy (non-hydrogen) atoms. The summed E-state index contributed by atoms with van der Waals surface area (Å²) in [4.78, 5) is -0.959. The Morgan fingerprint density at radius 2 is 1.85 bits per heavy atom. The van der Waals surface area contributed by atoms with Gasteiger partial charge in [0.1, 0.15) is 11.6 Å². The van der Waals surface area contributed by atoms with Crippen LogP contribution in [0.25, 0.3) is 0 Å². The van der Waals surface area contributed by atoms with Crippen molar-refractivity contribution in [2.24, 2.45) is 5.92 Å². The molecule has 2 N–H and O–H groups in total. The van der Waals surface area contributed by atoms with Crippen molar-refractivity contribution in [1.29, 1.82) is 0 Å². The molecular weight excluding hydrogens is 288 g/mol. The molecule has 4 nitrogen and oxygen atoms in total. The molecule has 1 aromatic rings. The normalized spacial score (nSPS) is 13.4. The lowest BCUT2D eigenvalue weighted by Gasteiger charge is -2.16. The standard InChI is InChI=1S/C13H19F2NO3S/c1-2-4-10(7-8-17)9-16-20(18,19)13-11(14)5-3-6-12(13)15/h3,5-6,10,16-17H,2,4,7-9H2,1H3. The average molecular weight is 307 g/mol. The summed E-state index contributed by atoms with van der Waals surface area (Å²) in [6.07, 6.45) is 2.00. The molecule has 0 spiro atoms. The Morgan fingerprint density at radius 3 is 2.35 bits per heavy atom. The maximum absolute atomic E-state index is 13.5. The van der Waals surface area contributed by atoms with Gasteiger partial charge in [-0.2, -0.15) is 0 Å². The molecule has 1 atom stereocenters. The van der Waals surface area contributed by atoms with Crippen LogP contribution < -0.4 is 4.72 Å². The zero-order chi connectivity index (χ0) is 15.2. The molecule has 0 bridgehead atoms. The first-order valence-corrected chi connectivity index (χ1v) is 7.95. The molecule has 1 unspecified atom stereocenters. The van der Waals surface area contributed by atoms with Crippen molar-refractivity contribution in [2.75, 3.05) is 13.2 Å². The van der Waals surface area contributed by atoms with Crippen LogP contribution >= 0.6 is 0 Å². The van der Waals surface area contributed by atoms with Gasteiger partial charge < -0.3 is 5.11 Å². The lowest BCUT2D eigenvalue weighted by Crippen LogP contribution is -2.31. The summed E-state index contributed by atoms with van der Waals surface area (Å²) < 4.78 is 53.0. The van der Waals surface area contributed by atoms with Crippen LogP contribution in [0.15, 0.2) is 23.1 Å². The Labute approximate surface area is 117 Å². The number of benzene rings is 1.